The molecule has 0 atom stereocenters. The van der Waals surface area contributed by atoms with Crippen LogP contribution in [0.2, 0.25) is 0 Å². The van der Waals surface area contributed by atoms with E-state index in [4.69, 9.17) is 0 Å². The molecule has 0 unspecified atom stereocenters. The van der Waals surface area contributed by atoms with Crippen LogP contribution in [0.15, 0.2) is 72.3 Å². The van der Waals surface area contributed by atoms with Gasteiger partial charge in [-0.2, -0.15) is 0 Å². The maximum absolute atomic E-state index is 11.6. The van der Waals surface area contributed by atoms with Gasteiger partial charge in [0.15, 0.2) is 5.78 Å². The van der Waals surface area contributed by atoms with E-state index in [2.05, 4.69) is 42.5 Å². The Morgan fingerprint density at radius 1 is 0.917 bits per heavy atom. The maximum Gasteiger partial charge on any atom is 0.155 e. The number of carbonyl (C=O) groups excluding carboxylic acids is 1. The van der Waals surface area contributed by atoms with E-state index >= 15 is 0 Å². The first-order valence-electron chi connectivity index (χ1n) is 8.27. The van der Waals surface area contributed by atoms with Crippen molar-refractivity contribution in [2.45, 2.75) is 32.1 Å². The van der Waals surface area contributed by atoms with Crippen LogP contribution in [0.1, 0.15) is 43.2 Å². The Morgan fingerprint density at radius 3 is 2.25 bits per heavy atom. The van der Waals surface area contributed by atoms with Crippen molar-refractivity contribution in [2.75, 3.05) is 0 Å². The molecule has 0 bridgehead atoms. The van der Waals surface area contributed by atoms with Crippen LogP contribution < -0.4 is 0 Å². The smallest absolute Gasteiger partial charge is 0.155 e. The van der Waals surface area contributed by atoms with Crippen molar-refractivity contribution < 1.29 is 24.3 Å². The van der Waals surface area contributed by atoms with Gasteiger partial charge in [0.1, 0.15) is 0 Å². The van der Waals surface area contributed by atoms with Crippen LogP contribution in [0.3, 0.4) is 0 Å². The van der Waals surface area contributed by atoms with Crippen LogP contribution in [0.4, 0.5) is 0 Å². The van der Waals surface area contributed by atoms with E-state index in [-0.39, 0.29) is 25.3 Å². The Hall–Kier alpha value is -1.79. The number of carbonyl (C=O) groups is 1. The van der Waals surface area contributed by atoms with Gasteiger partial charge in [-0.25, -0.2) is 0 Å². The van der Waals surface area contributed by atoms with E-state index in [9.17, 15) is 4.79 Å². The molecule has 0 N–H and O–H groups in total. The second-order valence-electron chi connectivity index (χ2n) is 5.96. The van der Waals surface area contributed by atoms with Gasteiger partial charge in [-0.1, -0.05) is 47.5 Å². The molecule has 0 saturated heterocycles. The van der Waals surface area contributed by atoms with Gasteiger partial charge in [-0.05, 0) is 31.8 Å². The molecule has 2 aromatic rings. The molecule has 0 fully saturated rings. The van der Waals surface area contributed by atoms with Crippen molar-refractivity contribution in [1.29, 1.82) is 0 Å². The molecular weight excluding hydrogens is 383 g/mol. The average Bonchev–Trinajstić information content (AvgIpc) is 2.60. The molecule has 0 aromatic heterocycles. The average molecular weight is 404 g/mol. The molecule has 3 rings (SSSR count). The van der Waals surface area contributed by atoms with E-state index in [1.807, 2.05) is 30.3 Å². The summed E-state index contributed by atoms with van der Waals surface area (Å²) in [7, 11) is 0. The summed E-state index contributed by atoms with van der Waals surface area (Å²) in [5.41, 5.74) is 4.79. The van der Waals surface area contributed by atoms with Gasteiger partial charge >= 0.3 is 0 Å². The molecule has 1 aliphatic rings. The summed E-state index contributed by atoms with van der Waals surface area (Å²) in [4.78, 5) is 11.6. The van der Waals surface area contributed by atoms with E-state index in [0.717, 1.165) is 31.2 Å². The zero-order valence-corrected chi connectivity index (χ0v) is 15.3. The molecule has 0 spiro atoms. The van der Waals surface area contributed by atoms with Crippen molar-refractivity contribution in [2.24, 2.45) is 0 Å². The van der Waals surface area contributed by atoms with Crippen LogP contribution in [0, 0.1) is 6.08 Å². The zero-order chi connectivity index (χ0) is 15.9. The fourth-order valence-electron chi connectivity index (χ4n) is 2.96. The number of benzene rings is 2. The van der Waals surface area contributed by atoms with Crippen molar-refractivity contribution in [3.63, 3.8) is 0 Å². The minimum Gasteiger partial charge on any atom is -0.295 e. The van der Waals surface area contributed by atoms with Crippen molar-refractivity contribution in [1.82, 2.24) is 0 Å². The molecule has 24 heavy (non-hydrogen) atoms. The zero-order valence-electron chi connectivity index (χ0n) is 13.6. The van der Waals surface area contributed by atoms with Crippen molar-refractivity contribution >= 4 is 11.4 Å². The van der Waals surface area contributed by atoms with Crippen LogP contribution in [-0.2, 0) is 24.3 Å². The molecule has 0 aliphatic heterocycles. The minimum absolute atomic E-state index is 0. The summed E-state index contributed by atoms with van der Waals surface area (Å²) in [6, 6.07) is 20.7. The molecule has 2 aromatic carbocycles. The van der Waals surface area contributed by atoms with Gasteiger partial charge in [0, 0.05) is 25.9 Å². The van der Waals surface area contributed by atoms with Crippen molar-refractivity contribution in [3.05, 3.63) is 89.5 Å². The van der Waals surface area contributed by atoms with E-state index in [1.165, 1.54) is 16.7 Å². The summed E-state index contributed by atoms with van der Waals surface area (Å²) in [5.74, 6) is 0.281. The SMILES string of the molecule is O=C1C=C(CCC(=[C-]c2ccccc2)c2ccccc2)CCC1.[Rh]. The monoisotopic (exact) mass is 404 g/mol. The molecule has 2 heteroatoms. The first-order valence-corrected chi connectivity index (χ1v) is 8.27. The number of ketones is 1. The topological polar surface area (TPSA) is 17.1 Å². The molecule has 1 nitrogen and oxygen atoms in total. The third-order valence-electron chi connectivity index (χ3n) is 4.17. The first-order chi connectivity index (χ1) is 11.3. The van der Waals surface area contributed by atoms with Gasteiger partial charge in [-0.3, -0.25) is 4.79 Å². The molecule has 0 amide bonds. The van der Waals surface area contributed by atoms with Gasteiger partial charge in [-0.15, -0.1) is 41.5 Å². The third kappa shape index (κ3) is 5.39. The first kappa shape index (κ1) is 18.6. The van der Waals surface area contributed by atoms with Crippen LogP contribution in [0.25, 0.3) is 5.57 Å². The Bertz CT molecular complexity index is 714. The summed E-state index contributed by atoms with van der Waals surface area (Å²) in [5, 5.41) is 0. The molecule has 1 radical (unpaired) electrons. The Kier molecular flexibility index (Phi) is 7.34. The third-order valence-corrected chi connectivity index (χ3v) is 4.17. The summed E-state index contributed by atoms with van der Waals surface area (Å²) >= 11 is 0. The van der Waals surface area contributed by atoms with Gasteiger partial charge in [0.25, 0.3) is 0 Å². The standard InChI is InChI=1S/C22H21O.Rh/c23-22-13-7-10-19(17-22)14-15-21(20-11-5-2-6-12-20)16-18-8-3-1-4-9-18;/h1-6,8-9,11-12,17H,7,10,13-15H2;/q-1;. The number of hydrogen-bond acceptors (Lipinski definition) is 1. The van der Waals surface area contributed by atoms with Gasteiger partial charge in [0.2, 0.25) is 0 Å². The van der Waals surface area contributed by atoms with Gasteiger partial charge in [0.05, 0.1) is 0 Å². The largest absolute Gasteiger partial charge is 0.295 e. The van der Waals surface area contributed by atoms with Gasteiger partial charge < -0.3 is 0 Å². The molecule has 125 valence electrons. The second-order valence-corrected chi connectivity index (χ2v) is 5.96. The number of rotatable bonds is 5. The Labute approximate surface area is 157 Å². The van der Waals surface area contributed by atoms with Crippen LogP contribution in [0.5, 0.6) is 0 Å². The van der Waals surface area contributed by atoms with E-state index in [0.29, 0.717) is 6.42 Å². The molecular formula is C22H21ORh-. The normalized spacial score (nSPS) is 14.8. The predicted octanol–water partition coefficient (Wildman–Crippen LogP) is 5.38. The van der Waals surface area contributed by atoms with E-state index < -0.39 is 0 Å². The minimum atomic E-state index is 0. The quantitative estimate of drug-likeness (QED) is 0.372. The Morgan fingerprint density at radius 2 is 1.58 bits per heavy atom. The maximum atomic E-state index is 11.6. The van der Waals surface area contributed by atoms with Crippen molar-refractivity contribution in [3.8, 4) is 0 Å². The molecule has 1 aliphatic carbocycles. The Balaban J connectivity index is 0.00000208. The number of allylic oxidation sites excluding steroid dienone is 3. The summed E-state index contributed by atoms with van der Waals surface area (Å²) < 4.78 is 0. The fourth-order valence-corrected chi connectivity index (χ4v) is 2.96. The fraction of sp³-hybridized carbons (Fsp3) is 0.227. The van der Waals surface area contributed by atoms with Crippen LogP contribution >= 0.6 is 0 Å². The number of hydrogen-bond donors (Lipinski definition) is 0. The van der Waals surface area contributed by atoms with E-state index in [1.54, 1.807) is 0 Å². The summed E-state index contributed by atoms with van der Waals surface area (Å²) in [6.07, 6.45) is 10.0. The molecule has 0 saturated carbocycles. The second kappa shape index (κ2) is 9.49. The van der Waals surface area contributed by atoms with Crippen LogP contribution in [-0.4, -0.2) is 5.78 Å². The predicted molar refractivity (Wildman–Crippen MR) is 94.8 cm³/mol. The molecule has 0 heterocycles. The summed E-state index contributed by atoms with van der Waals surface area (Å²) in [6.45, 7) is 0.